The molecule has 1 fully saturated rings. The van der Waals surface area contributed by atoms with Gasteiger partial charge in [0, 0.05) is 18.7 Å². The van der Waals surface area contributed by atoms with E-state index in [1.165, 1.54) is 17.0 Å². The van der Waals surface area contributed by atoms with Crippen molar-refractivity contribution >= 4 is 33.5 Å². The van der Waals surface area contributed by atoms with E-state index in [0.717, 1.165) is 5.56 Å². The second-order valence-electron chi connectivity index (χ2n) is 9.85. The summed E-state index contributed by atoms with van der Waals surface area (Å²) in [5.74, 6) is -0.993. The Morgan fingerprint density at radius 2 is 1.84 bits per heavy atom. The summed E-state index contributed by atoms with van der Waals surface area (Å²) >= 11 is 0. The normalized spacial score (nSPS) is 17.1. The highest BCUT2D eigenvalue weighted by atomic mass is 32.2. The van der Waals surface area contributed by atoms with E-state index in [1.807, 2.05) is 4.72 Å². The largest absolute Gasteiger partial charge is 0.497 e. The molecule has 0 bridgehead atoms. The first-order valence-electron chi connectivity index (χ1n) is 12.0. The van der Waals surface area contributed by atoms with Gasteiger partial charge in [-0.15, -0.1) is 0 Å². The van der Waals surface area contributed by atoms with E-state index in [9.17, 15) is 18.0 Å². The van der Waals surface area contributed by atoms with Crippen LogP contribution in [0.4, 0.5) is 14.9 Å². The summed E-state index contributed by atoms with van der Waals surface area (Å²) in [6.45, 7) is 5.28. The third kappa shape index (κ3) is 6.01. The van der Waals surface area contributed by atoms with Crippen molar-refractivity contribution in [3.8, 4) is 11.5 Å². The van der Waals surface area contributed by atoms with E-state index in [2.05, 4.69) is 0 Å². The number of amides is 2. The van der Waals surface area contributed by atoms with Gasteiger partial charge < -0.3 is 19.1 Å². The fourth-order valence-corrected chi connectivity index (χ4v) is 5.24. The average molecular weight is 548 g/mol. The van der Waals surface area contributed by atoms with Gasteiger partial charge in [0.2, 0.25) is 0 Å². The number of anilines is 1. The number of hydrogen-bond donors (Lipinski definition) is 1. The second-order valence-corrected chi connectivity index (χ2v) is 11.4. The molecular formula is C26H30FN3O7S. The second kappa shape index (κ2) is 10.5. The molecule has 0 atom stereocenters. The number of carbonyl (C=O) groups excluding carboxylic acids is 2. The van der Waals surface area contributed by atoms with Crippen LogP contribution in [0.3, 0.4) is 0 Å². The highest BCUT2D eigenvalue weighted by Crippen LogP contribution is 2.39. The van der Waals surface area contributed by atoms with Gasteiger partial charge in [-0.1, -0.05) is 18.2 Å². The van der Waals surface area contributed by atoms with Crippen molar-refractivity contribution < 1.29 is 36.6 Å². The summed E-state index contributed by atoms with van der Waals surface area (Å²) in [6, 6.07) is 10.0. The maximum Gasteiger partial charge on any atom is 0.410 e. The molecule has 0 aromatic heterocycles. The molecule has 0 radical (unpaired) electrons. The minimum Gasteiger partial charge on any atom is -0.497 e. The molecule has 2 aliphatic heterocycles. The molecule has 1 N–H and O–H groups in total. The molecule has 0 unspecified atom stereocenters. The van der Waals surface area contributed by atoms with Crippen molar-refractivity contribution in [2.75, 3.05) is 31.0 Å². The third-order valence-electron chi connectivity index (χ3n) is 5.91. The number of hydrogen-bond acceptors (Lipinski definition) is 7. The van der Waals surface area contributed by atoms with Crippen molar-refractivity contribution in [3.63, 3.8) is 0 Å². The summed E-state index contributed by atoms with van der Waals surface area (Å²) in [4.78, 5) is 25.8. The van der Waals surface area contributed by atoms with Gasteiger partial charge in [-0.3, -0.25) is 4.79 Å². The molecule has 4 rings (SSSR count). The zero-order chi connectivity index (χ0) is 27.7. The number of halogens is 1. The fraction of sp³-hybridized carbons (Fsp3) is 0.385. The molecule has 0 aliphatic carbocycles. The van der Waals surface area contributed by atoms with Crippen LogP contribution in [0.1, 0.15) is 38.3 Å². The predicted molar refractivity (Wildman–Crippen MR) is 139 cm³/mol. The minimum atomic E-state index is -4.30. The smallest absolute Gasteiger partial charge is 0.410 e. The molecule has 1 saturated heterocycles. The number of carbonyl (C=O) groups is 2. The number of benzene rings is 2. The van der Waals surface area contributed by atoms with Gasteiger partial charge in [0.1, 0.15) is 35.9 Å². The highest BCUT2D eigenvalue weighted by molar-refractivity contribution is 7.92. The van der Waals surface area contributed by atoms with Crippen LogP contribution in [-0.2, 0) is 26.3 Å². The summed E-state index contributed by atoms with van der Waals surface area (Å²) in [6.07, 6.45) is 1.56. The molecule has 2 heterocycles. The number of ether oxygens (including phenoxy) is 3. The molecule has 2 aromatic carbocycles. The Labute approximate surface area is 221 Å². The molecule has 10 nitrogen and oxygen atoms in total. The molecule has 2 amide bonds. The lowest BCUT2D eigenvalue weighted by atomic mass is 9.98. The molecule has 0 saturated carbocycles. The summed E-state index contributed by atoms with van der Waals surface area (Å²) in [5.41, 5.74) is 0.509. The van der Waals surface area contributed by atoms with Gasteiger partial charge in [-0.2, -0.15) is 8.42 Å². The van der Waals surface area contributed by atoms with E-state index in [1.54, 1.807) is 58.2 Å². The van der Waals surface area contributed by atoms with Crippen LogP contribution in [0.2, 0.25) is 0 Å². The lowest BCUT2D eigenvalue weighted by Gasteiger charge is -2.30. The Morgan fingerprint density at radius 3 is 2.39 bits per heavy atom. The lowest BCUT2D eigenvalue weighted by Crippen LogP contribution is -2.39. The SMILES string of the molecule is COc1ccc(COc2ccc(C3=CCN(C(=O)OC(C)(C)C)CC3)c(F)c2N2CC(=O)NS2(=O)=O)cc1. The Bertz CT molecular complexity index is 1370. The van der Waals surface area contributed by atoms with Crippen LogP contribution >= 0.6 is 0 Å². The van der Waals surface area contributed by atoms with Gasteiger partial charge in [0.05, 0.1) is 7.11 Å². The van der Waals surface area contributed by atoms with Crippen molar-refractivity contribution in [1.82, 2.24) is 9.62 Å². The van der Waals surface area contributed by atoms with Gasteiger partial charge in [0.15, 0.2) is 5.82 Å². The molecule has 12 heteroatoms. The summed E-state index contributed by atoms with van der Waals surface area (Å²) in [7, 11) is -2.76. The quantitative estimate of drug-likeness (QED) is 0.588. The van der Waals surface area contributed by atoms with Crippen molar-refractivity contribution in [3.05, 3.63) is 59.4 Å². The first-order chi connectivity index (χ1) is 17.9. The summed E-state index contributed by atoms with van der Waals surface area (Å²) in [5, 5.41) is 0. The van der Waals surface area contributed by atoms with Crippen LogP contribution in [0.15, 0.2) is 42.5 Å². The Morgan fingerprint density at radius 1 is 1.13 bits per heavy atom. The van der Waals surface area contributed by atoms with Crippen LogP contribution in [0, 0.1) is 5.82 Å². The number of methoxy groups -OCH3 is 1. The molecule has 2 aliphatic rings. The first kappa shape index (κ1) is 27.2. The standard InChI is InChI=1S/C26H30FN3O7S/c1-26(2,3)37-25(32)29-13-11-18(12-14-29)20-9-10-21(36-16-17-5-7-19(35-4)8-6-17)24(23(20)27)30-15-22(31)28-38(30,33)34/h5-11H,12-16H2,1-4H3,(H,28,31). The van der Waals surface area contributed by atoms with E-state index < -0.39 is 40.2 Å². The van der Waals surface area contributed by atoms with Crippen molar-refractivity contribution in [1.29, 1.82) is 0 Å². The number of rotatable bonds is 6. The van der Waals surface area contributed by atoms with E-state index in [-0.39, 0.29) is 30.2 Å². The molecule has 0 spiro atoms. The third-order valence-corrected chi connectivity index (χ3v) is 7.29. The lowest BCUT2D eigenvalue weighted by molar-refractivity contribution is -0.117. The molecule has 204 valence electrons. The average Bonchev–Trinajstić information content (AvgIpc) is 3.13. The van der Waals surface area contributed by atoms with E-state index >= 15 is 4.39 Å². The number of nitrogens with zero attached hydrogens (tertiary/aromatic N) is 2. The predicted octanol–water partition coefficient (Wildman–Crippen LogP) is 3.62. The van der Waals surface area contributed by atoms with Crippen molar-refractivity contribution in [2.24, 2.45) is 0 Å². The van der Waals surface area contributed by atoms with E-state index in [4.69, 9.17) is 14.2 Å². The monoisotopic (exact) mass is 547 g/mol. The van der Waals surface area contributed by atoms with Crippen LogP contribution in [0.5, 0.6) is 11.5 Å². The van der Waals surface area contributed by atoms with Crippen LogP contribution in [-0.4, -0.2) is 57.7 Å². The maximum absolute atomic E-state index is 16.1. The maximum atomic E-state index is 16.1. The van der Waals surface area contributed by atoms with Crippen LogP contribution < -0.4 is 18.5 Å². The minimum absolute atomic E-state index is 0.0264. The van der Waals surface area contributed by atoms with Gasteiger partial charge >= 0.3 is 16.3 Å². The van der Waals surface area contributed by atoms with Crippen LogP contribution in [0.25, 0.3) is 5.57 Å². The fourth-order valence-electron chi connectivity index (χ4n) is 4.08. The molecular weight excluding hydrogens is 517 g/mol. The Hall–Kier alpha value is -3.80. The van der Waals surface area contributed by atoms with Crippen molar-refractivity contribution in [2.45, 2.75) is 39.4 Å². The topological polar surface area (TPSA) is 114 Å². The van der Waals surface area contributed by atoms with Gasteiger partial charge in [-0.05, 0) is 62.6 Å². The van der Waals surface area contributed by atoms with Gasteiger partial charge in [-0.25, -0.2) is 18.2 Å². The highest BCUT2D eigenvalue weighted by Gasteiger charge is 2.38. The zero-order valence-electron chi connectivity index (χ0n) is 21.6. The Kier molecular flexibility index (Phi) is 7.54. The molecule has 2 aromatic rings. The first-order valence-corrected chi connectivity index (χ1v) is 13.4. The summed E-state index contributed by atoms with van der Waals surface area (Å²) < 4.78 is 60.2. The zero-order valence-corrected chi connectivity index (χ0v) is 22.4. The molecule has 38 heavy (non-hydrogen) atoms. The Balaban J connectivity index is 1.64. The van der Waals surface area contributed by atoms with Gasteiger partial charge in [0.25, 0.3) is 5.91 Å². The van der Waals surface area contributed by atoms with E-state index in [0.29, 0.717) is 28.6 Å². The number of nitrogens with one attached hydrogen (secondary N) is 1.